The number of aryl methyl sites for hydroxylation is 1. The van der Waals surface area contributed by atoms with Crippen LogP contribution in [-0.4, -0.2) is 14.7 Å². The van der Waals surface area contributed by atoms with Crippen molar-refractivity contribution >= 4 is 21.8 Å². The van der Waals surface area contributed by atoms with Crippen molar-refractivity contribution in [2.45, 2.75) is 35.1 Å². The lowest BCUT2D eigenvalue weighted by atomic mass is 9.88. The van der Waals surface area contributed by atoms with Crippen LogP contribution in [0.2, 0.25) is 0 Å². The Bertz CT molecular complexity index is 754. The molecule has 0 radical (unpaired) electrons. The van der Waals surface area contributed by atoms with E-state index < -0.39 is 10.0 Å². The molecule has 0 amide bonds. The second-order valence-corrected chi connectivity index (χ2v) is 8.03. The van der Waals surface area contributed by atoms with Crippen LogP contribution in [0.5, 0.6) is 0 Å². The molecular weight excluding hydrogens is 314 g/mol. The molecule has 1 aliphatic carbocycles. The molecule has 2 aromatic rings. The lowest BCUT2D eigenvalue weighted by Crippen LogP contribution is -2.31. The van der Waals surface area contributed by atoms with Crippen molar-refractivity contribution in [1.82, 2.24) is 4.72 Å². The zero-order chi connectivity index (χ0) is 15.6. The van der Waals surface area contributed by atoms with Crippen molar-refractivity contribution in [3.63, 3.8) is 0 Å². The third kappa shape index (κ3) is 3.21. The lowest BCUT2D eigenvalue weighted by molar-refractivity contribution is 0.507. The number of hydrogen-bond donors (Lipinski definition) is 1. The first kappa shape index (κ1) is 15.6. The summed E-state index contributed by atoms with van der Waals surface area (Å²) < 4.78 is 28.1. The van der Waals surface area contributed by atoms with Gasteiger partial charge in [0.15, 0.2) is 0 Å². The van der Waals surface area contributed by atoms with Crippen LogP contribution in [0, 0.1) is 0 Å². The first-order valence-electron chi connectivity index (χ1n) is 7.34. The maximum absolute atomic E-state index is 12.6. The van der Waals surface area contributed by atoms with E-state index in [4.69, 9.17) is 0 Å². The average molecular weight is 333 g/mol. The van der Waals surface area contributed by atoms with E-state index >= 15 is 0 Å². The van der Waals surface area contributed by atoms with E-state index in [2.05, 4.69) is 10.8 Å². The molecule has 116 valence electrons. The molecule has 0 aromatic heterocycles. The summed E-state index contributed by atoms with van der Waals surface area (Å²) in [6, 6.07) is 15.0. The standard InChI is InChI=1S/C17H19NO2S2/c1-21-14-9-11-15(12-10-14)22(19,20)18-17-8-4-6-13-5-2-3-7-16(13)17/h2-3,5,7,9-12,17-18H,4,6,8H2,1H3/t17-/m0/s1. The van der Waals surface area contributed by atoms with Crippen LogP contribution in [0.4, 0.5) is 0 Å². The molecule has 22 heavy (non-hydrogen) atoms. The highest BCUT2D eigenvalue weighted by Gasteiger charge is 2.25. The van der Waals surface area contributed by atoms with Crippen molar-refractivity contribution < 1.29 is 8.42 Å². The third-order valence-electron chi connectivity index (χ3n) is 4.04. The molecule has 1 aliphatic rings. The second-order valence-electron chi connectivity index (χ2n) is 5.44. The highest BCUT2D eigenvalue weighted by atomic mass is 32.2. The highest BCUT2D eigenvalue weighted by molar-refractivity contribution is 7.98. The van der Waals surface area contributed by atoms with Gasteiger partial charge in [-0.25, -0.2) is 13.1 Å². The van der Waals surface area contributed by atoms with E-state index in [0.29, 0.717) is 4.90 Å². The SMILES string of the molecule is CSc1ccc(S(=O)(=O)N[C@H]2CCCc3ccccc32)cc1. The Balaban J connectivity index is 1.86. The predicted molar refractivity (Wildman–Crippen MR) is 90.7 cm³/mol. The Morgan fingerprint density at radius 1 is 1.09 bits per heavy atom. The molecule has 0 spiro atoms. The van der Waals surface area contributed by atoms with Gasteiger partial charge in [-0.15, -0.1) is 11.8 Å². The minimum atomic E-state index is -3.49. The van der Waals surface area contributed by atoms with E-state index in [1.165, 1.54) is 5.56 Å². The van der Waals surface area contributed by atoms with Gasteiger partial charge in [0, 0.05) is 10.9 Å². The van der Waals surface area contributed by atoms with Crippen LogP contribution in [0.3, 0.4) is 0 Å². The zero-order valence-corrected chi connectivity index (χ0v) is 14.1. The fourth-order valence-electron chi connectivity index (χ4n) is 2.89. The van der Waals surface area contributed by atoms with Gasteiger partial charge in [-0.1, -0.05) is 24.3 Å². The van der Waals surface area contributed by atoms with Crippen molar-refractivity contribution in [2.24, 2.45) is 0 Å². The van der Waals surface area contributed by atoms with Crippen LogP contribution in [0.1, 0.15) is 30.0 Å². The largest absolute Gasteiger partial charge is 0.241 e. The molecule has 3 nitrogen and oxygen atoms in total. The molecule has 0 fully saturated rings. The number of hydrogen-bond acceptors (Lipinski definition) is 3. The zero-order valence-electron chi connectivity index (χ0n) is 12.5. The topological polar surface area (TPSA) is 46.2 Å². The smallest absolute Gasteiger partial charge is 0.207 e. The molecule has 0 saturated carbocycles. The van der Waals surface area contributed by atoms with Gasteiger partial charge in [0.05, 0.1) is 4.90 Å². The maximum Gasteiger partial charge on any atom is 0.241 e. The van der Waals surface area contributed by atoms with E-state index in [0.717, 1.165) is 29.7 Å². The summed E-state index contributed by atoms with van der Waals surface area (Å²) in [5, 5.41) is 0. The number of benzene rings is 2. The number of fused-ring (bicyclic) bond motifs is 1. The minimum Gasteiger partial charge on any atom is -0.207 e. The number of sulfonamides is 1. The van der Waals surface area contributed by atoms with Gasteiger partial charge in [-0.05, 0) is 60.9 Å². The van der Waals surface area contributed by atoms with Gasteiger partial charge in [0.2, 0.25) is 10.0 Å². The van der Waals surface area contributed by atoms with E-state index in [1.807, 2.05) is 36.6 Å². The van der Waals surface area contributed by atoms with Gasteiger partial charge in [0.25, 0.3) is 0 Å². The van der Waals surface area contributed by atoms with Gasteiger partial charge in [-0.2, -0.15) is 0 Å². The van der Waals surface area contributed by atoms with Gasteiger partial charge in [-0.3, -0.25) is 0 Å². The summed E-state index contributed by atoms with van der Waals surface area (Å²) in [6.45, 7) is 0. The fourth-order valence-corrected chi connectivity index (χ4v) is 4.54. The molecule has 0 saturated heterocycles. The summed E-state index contributed by atoms with van der Waals surface area (Å²) in [7, 11) is -3.49. The van der Waals surface area contributed by atoms with Crippen LogP contribution < -0.4 is 4.72 Å². The van der Waals surface area contributed by atoms with Gasteiger partial charge in [0.1, 0.15) is 0 Å². The molecule has 2 aromatic carbocycles. The minimum absolute atomic E-state index is 0.129. The van der Waals surface area contributed by atoms with Gasteiger partial charge < -0.3 is 0 Å². The van der Waals surface area contributed by atoms with Crippen molar-refractivity contribution in [3.8, 4) is 0 Å². The molecule has 0 unspecified atom stereocenters. The van der Waals surface area contributed by atoms with Gasteiger partial charge >= 0.3 is 0 Å². The van der Waals surface area contributed by atoms with Crippen LogP contribution in [-0.2, 0) is 16.4 Å². The summed E-state index contributed by atoms with van der Waals surface area (Å²) in [5.41, 5.74) is 2.36. The highest BCUT2D eigenvalue weighted by Crippen LogP contribution is 2.31. The van der Waals surface area contributed by atoms with Crippen LogP contribution in [0.25, 0.3) is 0 Å². The van der Waals surface area contributed by atoms with Crippen LogP contribution in [0.15, 0.2) is 58.3 Å². The molecule has 0 heterocycles. The third-order valence-corrected chi connectivity index (χ3v) is 6.27. The Morgan fingerprint density at radius 2 is 1.82 bits per heavy atom. The molecule has 0 bridgehead atoms. The number of nitrogens with one attached hydrogen (secondary N) is 1. The predicted octanol–water partition coefficient (Wildman–Crippen LogP) is 3.76. The first-order valence-corrected chi connectivity index (χ1v) is 10.0. The summed E-state index contributed by atoms with van der Waals surface area (Å²) in [6.07, 6.45) is 4.85. The molecule has 5 heteroatoms. The molecule has 3 rings (SSSR count). The van der Waals surface area contributed by atoms with Crippen molar-refractivity contribution in [3.05, 3.63) is 59.7 Å². The normalized spacial score (nSPS) is 18.0. The molecular formula is C17H19NO2S2. The van der Waals surface area contributed by atoms with Crippen LogP contribution >= 0.6 is 11.8 Å². The maximum atomic E-state index is 12.6. The fraction of sp³-hybridized carbons (Fsp3) is 0.294. The van der Waals surface area contributed by atoms with E-state index in [-0.39, 0.29) is 6.04 Å². The number of rotatable bonds is 4. The molecule has 1 N–H and O–H groups in total. The molecule has 0 aliphatic heterocycles. The second kappa shape index (κ2) is 6.44. The Hall–Kier alpha value is -1.30. The Morgan fingerprint density at radius 3 is 2.55 bits per heavy atom. The Labute approximate surface area is 136 Å². The van der Waals surface area contributed by atoms with Crippen molar-refractivity contribution in [2.75, 3.05) is 6.26 Å². The Kier molecular flexibility index (Phi) is 4.57. The molecule has 1 atom stereocenters. The average Bonchev–Trinajstić information content (AvgIpc) is 2.55. The summed E-state index contributed by atoms with van der Waals surface area (Å²) >= 11 is 1.60. The number of thioether (sulfide) groups is 1. The summed E-state index contributed by atoms with van der Waals surface area (Å²) in [5.74, 6) is 0. The lowest BCUT2D eigenvalue weighted by Gasteiger charge is -2.26. The first-order chi connectivity index (χ1) is 10.6. The van der Waals surface area contributed by atoms with E-state index in [9.17, 15) is 8.42 Å². The van der Waals surface area contributed by atoms with E-state index in [1.54, 1.807) is 23.9 Å². The summed E-state index contributed by atoms with van der Waals surface area (Å²) in [4.78, 5) is 1.38. The van der Waals surface area contributed by atoms with Crippen molar-refractivity contribution in [1.29, 1.82) is 0 Å². The monoisotopic (exact) mass is 333 g/mol. The quantitative estimate of drug-likeness (QED) is 0.867.